The Hall–Kier alpha value is -1.93. The predicted molar refractivity (Wildman–Crippen MR) is 119 cm³/mol. The van der Waals surface area contributed by atoms with Gasteiger partial charge in [0.25, 0.3) is 0 Å². The molecule has 162 valence electrons. The summed E-state index contributed by atoms with van der Waals surface area (Å²) < 4.78 is 27.6. The lowest BCUT2D eigenvalue weighted by molar-refractivity contribution is -0.132. The number of sulfonamides is 1. The van der Waals surface area contributed by atoms with Crippen LogP contribution in [0.2, 0.25) is 5.02 Å². The van der Waals surface area contributed by atoms with Gasteiger partial charge in [0, 0.05) is 50.7 Å². The molecule has 0 unspecified atom stereocenters. The first kappa shape index (κ1) is 22.7. The molecule has 1 fully saturated rings. The predicted octanol–water partition coefficient (Wildman–Crippen LogP) is 2.97. The molecule has 0 aromatic heterocycles. The number of nitrogens with one attached hydrogen (secondary N) is 1. The molecular formula is C22H28ClN3O3S. The van der Waals surface area contributed by atoms with Gasteiger partial charge in [-0.15, -0.1) is 0 Å². The van der Waals surface area contributed by atoms with Crippen molar-refractivity contribution in [1.82, 2.24) is 14.5 Å². The van der Waals surface area contributed by atoms with Gasteiger partial charge >= 0.3 is 0 Å². The number of rotatable bonds is 7. The minimum Gasteiger partial charge on any atom is -0.340 e. The molecule has 1 heterocycles. The third-order valence-electron chi connectivity index (χ3n) is 5.30. The highest BCUT2D eigenvalue weighted by Gasteiger charge is 2.22. The smallest absolute Gasteiger partial charge is 0.240 e. The Morgan fingerprint density at radius 2 is 1.70 bits per heavy atom. The number of hydrogen-bond donors (Lipinski definition) is 1. The van der Waals surface area contributed by atoms with Crippen molar-refractivity contribution in [2.75, 3.05) is 32.7 Å². The van der Waals surface area contributed by atoms with Crippen molar-refractivity contribution in [3.8, 4) is 0 Å². The fourth-order valence-electron chi connectivity index (χ4n) is 3.63. The van der Waals surface area contributed by atoms with Crippen molar-refractivity contribution in [2.45, 2.75) is 31.7 Å². The van der Waals surface area contributed by atoms with E-state index in [0.717, 1.165) is 30.2 Å². The average Bonchev–Trinajstić information content (AvgIpc) is 2.70. The van der Waals surface area contributed by atoms with Gasteiger partial charge in [0.05, 0.1) is 4.90 Å². The molecule has 1 N–H and O–H groups in total. The van der Waals surface area contributed by atoms with Crippen LogP contribution in [-0.2, 0) is 21.4 Å². The Labute approximate surface area is 183 Å². The SMILES string of the molecule is Cc1ccc(S(=O)(=O)NCCC(=O)N2CCN(Cc3ccc(Cl)cc3)CC2)c(C)c1. The first-order valence-corrected chi connectivity index (χ1v) is 11.9. The lowest BCUT2D eigenvalue weighted by Gasteiger charge is -2.34. The van der Waals surface area contributed by atoms with Crippen LogP contribution in [0.25, 0.3) is 0 Å². The molecule has 6 nitrogen and oxygen atoms in total. The first-order valence-electron chi connectivity index (χ1n) is 10.1. The standard InChI is InChI=1S/C22H28ClN3O3S/c1-17-3-8-21(18(2)15-17)30(28,29)24-10-9-22(27)26-13-11-25(12-14-26)16-19-4-6-20(23)7-5-19/h3-8,15,24H,9-14,16H2,1-2H3. The third kappa shape index (κ3) is 6.04. The van der Waals surface area contributed by atoms with E-state index < -0.39 is 10.0 Å². The van der Waals surface area contributed by atoms with Crippen LogP contribution >= 0.6 is 11.6 Å². The number of amides is 1. The molecule has 1 amide bonds. The van der Waals surface area contributed by atoms with Crippen LogP contribution in [0.3, 0.4) is 0 Å². The molecule has 0 bridgehead atoms. The molecule has 1 saturated heterocycles. The quantitative estimate of drug-likeness (QED) is 0.705. The number of halogens is 1. The van der Waals surface area contributed by atoms with Crippen molar-refractivity contribution in [2.24, 2.45) is 0 Å². The fraction of sp³-hybridized carbons (Fsp3) is 0.409. The lowest BCUT2D eigenvalue weighted by atomic mass is 10.2. The highest BCUT2D eigenvalue weighted by Crippen LogP contribution is 2.16. The fourth-order valence-corrected chi connectivity index (χ4v) is 5.01. The van der Waals surface area contributed by atoms with Crippen LogP contribution in [0, 0.1) is 13.8 Å². The summed E-state index contributed by atoms with van der Waals surface area (Å²) in [6, 6.07) is 13.0. The molecule has 30 heavy (non-hydrogen) atoms. The Bertz CT molecular complexity index is 985. The topological polar surface area (TPSA) is 69.7 Å². The van der Waals surface area contributed by atoms with E-state index >= 15 is 0 Å². The Balaban J connectivity index is 1.44. The van der Waals surface area contributed by atoms with Gasteiger partial charge in [-0.05, 0) is 43.2 Å². The molecule has 0 spiro atoms. The highest BCUT2D eigenvalue weighted by atomic mass is 35.5. The van der Waals surface area contributed by atoms with Gasteiger partial charge < -0.3 is 4.90 Å². The van der Waals surface area contributed by atoms with Gasteiger partial charge in [-0.3, -0.25) is 9.69 Å². The van der Waals surface area contributed by atoms with Gasteiger partial charge in [-0.2, -0.15) is 0 Å². The van der Waals surface area contributed by atoms with E-state index in [0.29, 0.717) is 18.7 Å². The van der Waals surface area contributed by atoms with Crippen molar-refractivity contribution in [3.05, 3.63) is 64.2 Å². The highest BCUT2D eigenvalue weighted by molar-refractivity contribution is 7.89. The molecule has 1 aliphatic rings. The van der Waals surface area contributed by atoms with Crippen LogP contribution in [0.15, 0.2) is 47.4 Å². The normalized spacial score (nSPS) is 15.4. The number of carbonyl (C=O) groups excluding carboxylic acids is 1. The van der Waals surface area contributed by atoms with E-state index in [4.69, 9.17) is 11.6 Å². The number of benzene rings is 2. The second-order valence-corrected chi connectivity index (χ2v) is 9.87. The maximum absolute atomic E-state index is 12.5. The Morgan fingerprint density at radius 1 is 1.03 bits per heavy atom. The van der Waals surface area contributed by atoms with Crippen molar-refractivity contribution >= 4 is 27.5 Å². The zero-order valence-corrected chi connectivity index (χ0v) is 19.0. The van der Waals surface area contributed by atoms with Gasteiger partial charge in [-0.25, -0.2) is 13.1 Å². The number of aryl methyl sites for hydroxylation is 2. The van der Waals surface area contributed by atoms with E-state index in [-0.39, 0.29) is 23.8 Å². The van der Waals surface area contributed by atoms with Gasteiger partial charge in [0.1, 0.15) is 0 Å². The number of nitrogens with zero attached hydrogens (tertiary/aromatic N) is 2. The molecule has 2 aromatic carbocycles. The summed E-state index contributed by atoms with van der Waals surface area (Å²) in [5.74, 6) is -0.0236. The molecule has 8 heteroatoms. The van der Waals surface area contributed by atoms with Crippen molar-refractivity contribution in [3.63, 3.8) is 0 Å². The van der Waals surface area contributed by atoms with Gasteiger partial charge in [-0.1, -0.05) is 41.4 Å². The Morgan fingerprint density at radius 3 is 2.33 bits per heavy atom. The molecule has 2 aromatic rings. The summed E-state index contributed by atoms with van der Waals surface area (Å²) in [5, 5.41) is 0.724. The van der Waals surface area contributed by atoms with Crippen LogP contribution in [0.1, 0.15) is 23.1 Å². The zero-order valence-electron chi connectivity index (χ0n) is 17.4. The molecule has 0 saturated carbocycles. The minimum absolute atomic E-state index is 0.0236. The summed E-state index contributed by atoms with van der Waals surface area (Å²) in [7, 11) is -3.62. The maximum atomic E-state index is 12.5. The van der Waals surface area contributed by atoms with E-state index in [2.05, 4.69) is 9.62 Å². The summed E-state index contributed by atoms with van der Waals surface area (Å²) in [5.41, 5.74) is 2.91. The Kier molecular flexibility index (Phi) is 7.52. The maximum Gasteiger partial charge on any atom is 0.240 e. The zero-order chi connectivity index (χ0) is 21.7. The van der Waals surface area contributed by atoms with Crippen molar-refractivity contribution < 1.29 is 13.2 Å². The first-order chi connectivity index (χ1) is 14.2. The number of hydrogen-bond acceptors (Lipinski definition) is 4. The number of piperazine rings is 1. The van der Waals surface area contributed by atoms with Crippen LogP contribution in [-0.4, -0.2) is 56.8 Å². The molecule has 1 aliphatic heterocycles. The largest absolute Gasteiger partial charge is 0.340 e. The van der Waals surface area contributed by atoms with Crippen LogP contribution in [0.4, 0.5) is 0 Å². The lowest BCUT2D eigenvalue weighted by Crippen LogP contribution is -2.48. The van der Waals surface area contributed by atoms with E-state index in [9.17, 15) is 13.2 Å². The molecule has 0 radical (unpaired) electrons. The van der Waals surface area contributed by atoms with Crippen molar-refractivity contribution in [1.29, 1.82) is 0 Å². The summed E-state index contributed by atoms with van der Waals surface area (Å²) in [4.78, 5) is 16.9. The molecular weight excluding hydrogens is 422 g/mol. The second-order valence-electron chi connectivity index (χ2n) is 7.70. The third-order valence-corrected chi connectivity index (χ3v) is 7.17. The molecule has 3 rings (SSSR count). The second kappa shape index (κ2) is 9.92. The number of carbonyl (C=O) groups is 1. The van der Waals surface area contributed by atoms with Gasteiger partial charge in [0.15, 0.2) is 0 Å². The molecule has 0 atom stereocenters. The minimum atomic E-state index is -3.62. The summed E-state index contributed by atoms with van der Waals surface area (Å²) in [6.45, 7) is 7.51. The van der Waals surface area contributed by atoms with E-state index in [1.54, 1.807) is 19.1 Å². The van der Waals surface area contributed by atoms with Crippen LogP contribution in [0.5, 0.6) is 0 Å². The summed E-state index contributed by atoms with van der Waals surface area (Å²) >= 11 is 5.93. The summed E-state index contributed by atoms with van der Waals surface area (Å²) in [6.07, 6.45) is 0.154. The monoisotopic (exact) mass is 449 g/mol. The van der Waals surface area contributed by atoms with Crippen LogP contribution < -0.4 is 4.72 Å². The average molecular weight is 450 g/mol. The van der Waals surface area contributed by atoms with E-state index in [1.807, 2.05) is 42.2 Å². The van der Waals surface area contributed by atoms with Gasteiger partial charge in [0.2, 0.25) is 15.9 Å². The van der Waals surface area contributed by atoms with E-state index in [1.165, 1.54) is 5.56 Å². The molecule has 0 aliphatic carbocycles.